The first-order valence-electron chi connectivity index (χ1n) is 11.1. The van der Waals surface area contributed by atoms with Crippen molar-refractivity contribution in [3.63, 3.8) is 0 Å². The lowest BCUT2D eigenvalue weighted by Gasteiger charge is -2.25. The monoisotopic (exact) mass is 458 g/mol. The molecule has 3 aromatic rings. The molecule has 174 valence electrons. The highest BCUT2D eigenvalue weighted by atomic mass is 16.5. The van der Waals surface area contributed by atoms with Gasteiger partial charge in [-0.1, -0.05) is 25.1 Å². The molecular weight excluding hydrogens is 432 g/mol. The number of ether oxygens (including phenoxy) is 2. The predicted octanol–water partition coefficient (Wildman–Crippen LogP) is 4.50. The van der Waals surface area contributed by atoms with E-state index >= 15 is 0 Å². The molecular formula is C27H26N2O5. The van der Waals surface area contributed by atoms with Gasteiger partial charge < -0.3 is 19.5 Å². The Hall–Kier alpha value is -4.13. The molecule has 1 aliphatic rings. The molecule has 7 nitrogen and oxygen atoms in total. The van der Waals surface area contributed by atoms with Gasteiger partial charge in [-0.2, -0.15) is 0 Å². The van der Waals surface area contributed by atoms with Crippen LogP contribution in [0.5, 0.6) is 11.5 Å². The smallest absolute Gasteiger partial charge is 0.296 e. The number of Topliss-reactive ketones (excluding diaryl/α,β-unsaturated/α-hetero) is 1. The van der Waals surface area contributed by atoms with Crippen LogP contribution in [0.25, 0.3) is 5.76 Å². The second-order valence-corrected chi connectivity index (χ2v) is 7.89. The maximum atomic E-state index is 13.2. The van der Waals surface area contributed by atoms with Crippen LogP contribution in [-0.2, 0) is 16.1 Å². The average Bonchev–Trinajstić information content (AvgIpc) is 3.13. The van der Waals surface area contributed by atoms with Crippen molar-refractivity contribution in [1.29, 1.82) is 0 Å². The summed E-state index contributed by atoms with van der Waals surface area (Å²) in [5.41, 5.74) is 1.78. The topological polar surface area (TPSA) is 89.0 Å². The number of amides is 1. The zero-order valence-corrected chi connectivity index (χ0v) is 19.1. The third-order valence-corrected chi connectivity index (χ3v) is 5.63. The molecule has 0 radical (unpaired) electrons. The van der Waals surface area contributed by atoms with Gasteiger partial charge in [0.15, 0.2) is 0 Å². The zero-order chi connectivity index (χ0) is 24.1. The van der Waals surface area contributed by atoms with Gasteiger partial charge >= 0.3 is 0 Å². The van der Waals surface area contributed by atoms with E-state index < -0.39 is 17.7 Å². The molecule has 2 heterocycles. The van der Waals surface area contributed by atoms with Crippen LogP contribution in [0.3, 0.4) is 0 Å². The summed E-state index contributed by atoms with van der Waals surface area (Å²) in [7, 11) is 1.57. The van der Waals surface area contributed by atoms with E-state index in [-0.39, 0.29) is 17.9 Å². The highest BCUT2D eigenvalue weighted by Gasteiger charge is 2.46. The van der Waals surface area contributed by atoms with E-state index in [1.807, 2.05) is 13.0 Å². The fraction of sp³-hybridized carbons (Fsp3) is 0.222. The lowest BCUT2D eigenvalue weighted by Crippen LogP contribution is -2.29. The van der Waals surface area contributed by atoms with Crippen LogP contribution >= 0.6 is 0 Å². The number of rotatable bonds is 8. The summed E-state index contributed by atoms with van der Waals surface area (Å²) < 4.78 is 10.9. The molecule has 1 saturated heterocycles. The number of hydrogen-bond acceptors (Lipinski definition) is 6. The van der Waals surface area contributed by atoms with Crippen LogP contribution in [0.4, 0.5) is 0 Å². The molecule has 0 aliphatic carbocycles. The van der Waals surface area contributed by atoms with Gasteiger partial charge in [0.25, 0.3) is 11.7 Å². The molecule has 1 aliphatic heterocycles. The Morgan fingerprint density at radius 1 is 1.00 bits per heavy atom. The number of nitrogens with zero attached hydrogens (tertiary/aromatic N) is 2. The molecule has 4 rings (SSSR count). The normalized spacial score (nSPS) is 17.1. The Labute approximate surface area is 198 Å². The lowest BCUT2D eigenvalue weighted by atomic mass is 9.95. The molecule has 0 saturated carbocycles. The van der Waals surface area contributed by atoms with Crippen molar-refractivity contribution in [2.75, 3.05) is 13.7 Å². The Kier molecular flexibility index (Phi) is 6.92. The SMILES string of the molecule is CCCOc1ccc(/C(O)=C2\C(=O)C(=O)N(Cc3ccccn3)C2c2ccc(OC)cc2)cc1. The number of methoxy groups -OCH3 is 1. The van der Waals surface area contributed by atoms with Crippen LogP contribution in [0.15, 0.2) is 78.5 Å². The van der Waals surface area contributed by atoms with Crippen LogP contribution in [-0.4, -0.2) is 40.4 Å². The third kappa shape index (κ3) is 4.64. The molecule has 1 amide bonds. The molecule has 1 aromatic heterocycles. The summed E-state index contributed by atoms with van der Waals surface area (Å²) in [5.74, 6) is -0.338. The van der Waals surface area contributed by atoms with Crippen LogP contribution in [0.1, 0.15) is 36.2 Å². The van der Waals surface area contributed by atoms with E-state index in [4.69, 9.17) is 9.47 Å². The first kappa shape index (κ1) is 23.0. The van der Waals surface area contributed by atoms with Crippen molar-refractivity contribution in [3.05, 3.63) is 95.3 Å². The molecule has 7 heteroatoms. The summed E-state index contributed by atoms with van der Waals surface area (Å²) in [6.07, 6.45) is 2.51. The average molecular weight is 459 g/mol. The summed E-state index contributed by atoms with van der Waals surface area (Å²) >= 11 is 0. The minimum absolute atomic E-state index is 0.0355. The summed E-state index contributed by atoms with van der Waals surface area (Å²) in [6, 6.07) is 18.5. The van der Waals surface area contributed by atoms with Crippen molar-refractivity contribution < 1.29 is 24.2 Å². The molecule has 2 aromatic carbocycles. The van der Waals surface area contributed by atoms with E-state index in [2.05, 4.69) is 4.98 Å². The van der Waals surface area contributed by atoms with E-state index in [0.29, 0.717) is 34.9 Å². The number of aliphatic hydroxyl groups is 1. The minimum atomic E-state index is -0.774. The molecule has 1 atom stereocenters. The van der Waals surface area contributed by atoms with Crippen molar-refractivity contribution in [1.82, 2.24) is 9.88 Å². The second-order valence-electron chi connectivity index (χ2n) is 7.89. The second kappa shape index (κ2) is 10.2. The Morgan fingerprint density at radius 3 is 2.32 bits per heavy atom. The predicted molar refractivity (Wildman–Crippen MR) is 127 cm³/mol. The molecule has 1 N–H and O–H groups in total. The van der Waals surface area contributed by atoms with Gasteiger partial charge in [-0.25, -0.2) is 0 Å². The maximum Gasteiger partial charge on any atom is 0.296 e. The summed E-state index contributed by atoms with van der Waals surface area (Å²) in [6.45, 7) is 2.73. The van der Waals surface area contributed by atoms with E-state index in [1.54, 1.807) is 74.0 Å². The molecule has 1 unspecified atom stereocenters. The van der Waals surface area contributed by atoms with Gasteiger partial charge in [0.2, 0.25) is 0 Å². The Balaban J connectivity index is 1.78. The highest BCUT2D eigenvalue weighted by molar-refractivity contribution is 6.46. The van der Waals surface area contributed by atoms with Crippen LogP contribution in [0, 0.1) is 0 Å². The van der Waals surface area contributed by atoms with Gasteiger partial charge in [0.1, 0.15) is 17.3 Å². The number of ketones is 1. The number of benzene rings is 2. The molecule has 0 bridgehead atoms. The van der Waals surface area contributed by atoms with Gasteiger partial charge in [0.05, 0.1) is 37.6 Å². The fourth-order valence-electron chi connectivity index (χ4n) is 3.93. The maximum absolute atomic E-state index is 13.2. The van der Waals surface area contributed by atoms with Gasteiger partial charge in [-0.05, 0) is 60.5 Å². The van der Waals surface area contributed by atoms with Gasteiger partial charge in [0, 0.05) is 11.8 Å². The van der Waals surface area contributed by atoms with Crippen molar-refractivity contribution in [2.45, 2.75) is 25.9 Å². The molecule has 34 heavy (non-hydrogen) atoms. The lowest BCUT2D eigenvalue weighted by molar-refractivity contribution is -0.140. The quantitative estimate of drug-likeness (QED) is 0.304. The zero-order valence-electron chi connectivity index (χ0n) is 19.1. The van der Waals surface area contributed by atoms with Crippen LogP contribution < -0.4 is 9.47 Å². The number of carbonyl (C=O) groups is 2. The molecule has 0 spiro atoms. The van der Waals surface area contributed by atoms with E-state index in [1.165, 1.54) is 4.90 Å². The number of carbonyl (C=O) groups excluding carboxylic acids is 2. The number of pyridine rings is 1. The number of aromatic nitrogens is 1. The number of likely N-dealkylation sites (tertiary alicyclic amines) is 1. The van der Waals surface area contributed by atoms with Gasteiger partial charge in [-0.15, -0.1) is 0 Å². The van der Waals surface area contributed by atoms with E-state index in [0.717, 1.165) is 6.42 Å². The Bertz CT molecular complexity index is 1190. The van der Waals surface area contributed by atoms with Crippen LogP contribution in [0.2, 0.25) is 0 Å². The van der Waals surface area contributed by atoms with E-state index in [9.17, 15) is 14.7 Å². The highest BCUT2D eigenvalue weighted by Crippen LogP contribution is 2.40. The minimum Gasteiger partial charge on any atom is -0.507 e. The first-order valence-corrected chi connectivity index (χ1v) is 11.1. The number of aliphatic hydroxyl groups excluding tert-OH is 1. The molecule has 1 fully saturated rings. The van der Waals surface area contributed by atoms with Crippen molar-refractivity contribution in [2.24, 2.45) is 0 Å². The fourth-order valence-corrected chi connectivity index (χ4v) is 3.93. The van der Waals surface area contributed by atoms with Crippen molar-refractivity contribution >= 4 is 17.4 Å². The number of hydrogen-bond donors (Lipinski definition) is 1. The van der Waals surface area contributed by atoms with Crippen molar-refractivity contribution in [3.8, 4) is 11.5 Å². The third-order valence-electron chi connectivity index (χ3n) is 5.63. The Morgan fingerprint density at radius 2 is 1.71 bits per heavy atom. The standard InChI is InChI=1S/C27H26N2O5/c1-3-16-34-22-13-9-19(10-14-22)25(30)23-24(18-7-11-21(33-2)12-8-18)29(27(32)26(23)31)17-20-6-4-5-15-28-20/h4-15,24,30H,3,16-17H2,1-2H3/b25-23+. The largest absolute Gasteiger partial charge is 0.507 e. The summed E-state index contributed by atoms with van der Waals surface area (Å²) in [5, 5.41) is 11.2. The first-order chi connectivity index (χ1) is 16.5. The summed E-state index contributed by atoms with van der Waals surface area (Å²) in [4.78, 5) is 32.0. The van der Waals surface area contributed by atoms with Gasteiger partial charge in [-0.3, -0.25) is 14.6 Å².